The molecule has 3 heteroatoms. The Labute approximate surface area is 179 Å². The van der Waals surface area contributed by atoms with Crippen molar-refractivity contribution in [3.05, 3.63) is 102 Å². The van der Waals surface area contributed by atoms with E-state index in [1.54, 1.807) is 0 Å². The van der Waals surface area contributed by atoms with E-state index in [-0.39, 0.29) is 5.92 Å². The molecule has 1 heterocycles. The highest BCUT2D eigenvalue weighted by Gasteiger charge is 2.41. The van der Waals surface area contributed by atoms with Gasteiger partial charge in [0.1, 0.15) is 11.4 Å². The van der Waals surface area contributed by atoms with Crippen LogP contribution in [0.2, 0.25) is 0 Å². The summed E-state index contributed by atoms with van der Waals surface area (Å²) in [5.74, 6) is 1.14. The van der Waals surface area contributed by atoms with Crippen LogP contribution in [-0.4, -0.2) is 36.2 Å². The molecule has 0 spiro atoms. The Hall–Kier alpha value is -2.62. The summed E-state index contributed by atoms with van der Waals surface area (Å²) in [4.78, 5) is 2.50. The van der Waals surface area contributed by atoms with E-state index in [1.165, 1.54) is 0 Å². The van der Waals surface area contributed by atoms with Crippen molar-refractivity contribution in [1.82, 2.24) is 4.90 Å². The molecule has 0 bridgehead atoms. The smallest absolute Gasteiger partial charge is 0.119 e. The lowest BCUT2D eigenvalue weighted by atomic mass is 9.72. The first-order chi connectivity index (χ1) is 14.8. The number of likely N-dealkylation sites (tertiary alicyclic amines) is 1. The quantitative estimate of drug-likeness (QED) is 0.533. The summed E-state index contributed by atoms with van der Waals surface area (Å²) in [5, 5.41) is 12.0. The SMILES string of the molecule is OC(c1ccccc1)(c1ccccc1)C1CCN(CCCOc2ccccc2)CC1. The van der Waals surface area contributed by atoms with E-state index in [4.69, 9.17) is 4.74 Å². The van der Waals surface area contributed by atoms with Crippen molar-refractivity contribution in [2.45, 2.75) is 24.9 Å². The van der Waals surface area contributed by atoms with Crippen LogP contribution in [-0.2, 0) is 5.60 Å². The molecule has 0 aliphatic carbocycles. The molecule has 1 N–H and O–H groups in total. The van der Waals surface area contributed by atoms with Crippen molar-refractivity contribution < 1.29 is 9.84 Å². The van der Waals surface area contributed by atoms with Gasteiger partial charge in [0.25, 0.3) is 0 Å². The molecule has 3 aromatic rings. The molecule has 0 unspecified atom stereocenters. The van der Waals surface area contributed by atoms with E-state index in [1.807, 2.05) is 66.7 Å². The predicted octanol–water partition coefficient (Wildman–Crippen LogP) is 5.10. The van der Waals surface area contributed by atoms with Crippen LogP contribution < -0.4 is 4.74 Å². The van der Waals surface area contributed by atoms with Gasteiger partial charge in [-0.15, -0.1) is 0 Å². The lowest BCUT2D eigenvalue weighted by Crippen LogP contribution is -2.44. The maximum Gasteiger partial charge on any atom is 0.119 e. The van der Waals surface area contributed by atoms with Gasteiger partial charge < -0.3 is 14.7 Å². The zero-order valence-corrected chi connectivity index (χ0v) is 17.5. The first-order valence-electron chi connectivity index (χ1n) is 11.0. The van der Waals surface area contributed by atoms with E-state index in [9.17, 15) is 5.11 Å². The van der Waals surface area contributed by atoms with Gasteiger partial charge >= 0.3 is 0 Å². The predicted molar refractivity (Wildman–Crippen MR) is 122 cm³/mol. The Bertz CT molecular complexity index is 835. The minimum atomic E-state index is -0.939. The van der Waals surface area contributed by atoms with Crippen LogP contribution in [0, 0.1) is 5.92 Å². The van der Waals surface area contributed by atoms with Crippen LogP contribution in [0.3, 0.4) is 0 Å². The van der Waals surface area contributed by atoms with Crippen molar-refractivity contribution in [3.8, 4) is 5.75 Å². The molecule has 4 rings (SSSR count). The molecule has 30 heavy (non-hydrogen) atoms. The Morgan fingerprint density at radius 1 is 0.767 bits per heavy atom. The summed E-state index contributed by atoms with van der Waals surface area (Å²) >= 11 is 0. The molecule has 0 amide bonds. The van der Waals surface area contributed by atoms with Gasteiger partial charge in [-0.25, -0.2) is 0 Å². The van der Waals surface area contributed by atoms with Gasteiger partial charge in [-0.05, 0) is 61.5 Å². The van der Waals surface area contributed by atoms with Gasteiger partial charge in [-0.1, -0.05) is 78.9 Å². The molecule has 3 nitrogen and oxygen atoms in total. The maximum atomic E-state index is 12.0. The van der Waals surface area contributed by atoms with Crippen molar-refractivity contribution in [3.63, 3.8) is 0 Å². The number of piperidine rings is 1. The minimum Gasteiger partial charge on any atom is -0.494 e. The zero-order chi connectivity index (χ0) is 20.7. The molecule has 1 aliphatic heterocycles. The van der Waals surface area contributed by atoms with E-state index in [2.05, 4.69) is 29.2 Å². The summed E-state index contributed by atoms with van der Waals surface area (Å²) in [6.45, 7) is 3.80. The third-order valence-corrected chi connectivity index (χ3v) is 6.24. The number of benzene rings is 3. The highest BCUT2D eigenvalue weighted by molar-refractivity contribution is 5.37. The van der Waals surface area contributed by atoms with Gasteiger partial charge in [-0.2, -0.15) is 0 Å². The number of ether oxygens (including phenoxy) is 1. The van der Waals surface area contributed by atoms with Gasteiger partial charge in [-0.3, -0.25) is 0 Å². The molecular formula is C27H31NO2. The van der Waals surface area contributed by atoms with Gasteiger partial charge in [0, 0.05) is 6.54 Å². The molecule has 0 radical (unpaired) electrons. The second-order valence-electron chi connectivity index (χ2n) is 8.13. The van der Waals surface area contributed by atoms with E-state index >= 15 is 0 Å². The monoisotopic (exact) mass is 401 g/mol. The number of hydrogen-bond acceptors (Lipinski definition) is 3. The molecule has 0 saturated carbocycles. The van der Waals surface area contributed by atoms with Crippen molar-refractivity contribution in [1.29, 1.82) is 0 Å². The molecule has 1 fully saturated rings. The molecule has 1 aliphatic rings. The van der Waals surface area contributed by atoms with Crippen LogP contribution >= 0.6 is 0 Å². The molecule has 3 aromatic carbocycles. The minimum absolute atomic E-state index is 0.208. The molecule has 156 valence electrons. The fourth-order valence-corrected chi connectivity index (χ4v) is 4.59. The van der Waals surface area contributed by atoms with Crippen molar-refractivity contribution in [2.24, 2.45) is 5.92 Å². The van der Waals surface area contributed by atoms with Crippen LogP contribution in [0.1, 0.15) is 30.4 Å². The Morgan fingerprint density at radius 3 is 1.80 bits per heavy atom. The summed E-state index contributed by atoms with van der Waals surface area (Å²) in [5.41, 5.74) is 1.04. The van der Waals surface area contributed by atoms with Crippen LogP contribution in [0.5, 0.6) is 5.75 Å². The second-order valence-corrected chi connectivity index (χ2v) is 8.13. The average Bonchev–Trinajstić information content (AvgIpc) is 2.83. The topological polar surface area (TPSA) is 32.7 Å². The van der Waals surface area contributed by atoms with E-state index in [0.717, 1.165) is 62.4 Å². The third-order valence-electron chi connectivity index (χ3n) is 6.24. The normalized spacial score (nSPS) is 15.8. The largest absolute Gasteiger partial charge is 0.494 e. The highest BCUT2D eigenvalue weighted by atomic mass is 16.5. The van der Waals surface area contributed by atoms with Crippen molar-refractivity contribution in [2.75, 3.05) is 26.2 Å². The van der Waals surface area contributed by atoms with Gasteiger partial charge in [0.2, 0.25) is 0 Å². The lowest BCUT2D eigenvalue weighted by molar-refractivity contribution is -0.0146. The summed E-state index contributed by atoms with van der Waals surface area (Å²) < 4.78 is 5.82. The van der Waals surface area contributed by atoms with Gasteiger partial charge in [0.05, 0.1) is 6.61 Å². The lowest BCUT2D eigenvalue weighted by Gasteiger charge is -2.42. The number of nitrogens with zero attached hydrogens (tertiary/aromatic N) is 1. The first-order valence-corrected chi connectivity index (χ1v) is 11.0. The highest BCUT2D eigenvalue weighted by Crippen LogP contribution is 2.41. The van der Waals surface area contributed by atoms with Crippen LogP contribution in [0.25, 0.3) is 0 Å². The fraction of sp³-hybridized carbons (Fsp3) is 0.333. The Morgan fingerprint density at radius 2 is 1.27 bits per heavy atom. The van der Waals surface area contributed by atoms with E-state index in [0.29, 0.717) is 0 Å². The maximum absolute atomic E-state index is 12.0. The molecule has 1 saturated heterocycles. The fourth-order valence-electron chi connectivity index (χ4n) is 4.59. The molecule has 0 atom stereocenters. The summed E-state index contributed by atoms with van der Waals surface area (Å²) in [6, 6.07) is 30.3. The molecule has 0 aromatic heterocycles. The van der Waals surface area contributed by atoms with Crippen LogP contribution in [0.4, 0.5) is 0 Å². The average molecular weight is 402 g/mol. The Kier molecular flexibility index (Phi) is 6.83. The van der Waals surface area contributed by atoms with Crippen LogP contribution in [0.15, 0.2) is 91.0 Å². The zero-order valence-electron chi connectivity index (χ0n) is 17.5. The standard InChI is InChI=1S/C27H31NO2/c29-27(23-11-4-1-5-12-23,24-13-6-2-7-14-24)25-17-20-28(21-18-25)19-10-22-30-26-15-8-3-9-16-26/h1-9,11-16,25,29H,10,17-22H2. The third kappa shape index (κ3) is 4.75. The van der Waals surface area contributed by atoms with E-state index < -0.39 is 5.60 Å². The Balaban J connectivity index is 1.35. The van der Waals surface area contributed by atoms with Gasteiger partial charge in [0.15, 0.2) is 0 Å². The number of para-hydroxylation sites is 1. The molecular weight excluding hydrogens is 370 g/mol. The number of hydrogen-bond donors (Lipinski definition) is 1. The second kappa shape index (κ2) is 9.92. The summed E-state index contributed by atoms with van der Waals surface area (Å²) in [6.07, 6.45) is 2.99. The number of aliphatic hydroxyl groups is 1. The number of rotatable bonds is 8. The summed E-state index contributed by atoms with van der Waals surface area (Å²) in [7, 11) is 0. The van der Waals surface area contributed by atoms with Crippen molar-refractivity contribution >= 4 is 0 Å². The first kappa shape index (κ1) is 20.6.